The van der Waals surface area contributed by atoms with Crippen molar-refractivity contribution >= 4 is 0 Å². The van der Waals surface area contributed by atoms with Gasteiger partial charge in [0.1, 0.15) is 0 Å². The highest BCUT2D eigenvalue weighted by Crippen LogP contribution is 2.36. The first-order valence-corrected chi connectivity index (χ1v) is 5.63. The molecule has 1 aliphatic carbocycles. The highest BCUT2D eigenvalue weighted by molar-refractivity contribution is 4.85. The van der Waals surface area contributed by atoms with E-state index in [9.17, 15) is 0 Å². The molecule has 14 heavy (non-hydrogen) atoms. The van der Waals surface area contributed by atoms with Gasteiger partial charge in [0, 0.05) is 13.0 Å². The van der Waals surface area contributed by atoms with E-state index in [1.54, 1.807) is 0 Å². The van der Waals surface area contributed by atoms with Crippen molar-refractivity contribution in [3.8, 4) is 6.07 Å². The minimum atomic E-state index is 0.272. The lowest BCUT2D eigenvalue weighted by Gasteiger charge is -2.23. The van der Waals surface area contributed by atoms with Crippen molar-refractivity contribution < 1.29 is 0 Å². The fraction of sp³-hybridized carbons (Fsp3) is 0.917. The Balaban J connectivity index is 2.06. The summed E-state index contributed by atoms with van der Waals surface area (Å²) in [4.78, 5) is 0. The third-order valence-corrected chi connectivity index (χ3v) is 3.20. The molecule has 0 spiro atoms. The molecule has 80 valence electrons. The SMILES string of the molecule is CC1CC1CNCC(C)(C)CCC#N. The van der Waals surface area contributed by atoms with Crippen LogP contribution in [0.3, 0.4) is 0 Å². The highest BCUT2D eigenvalue weighted by Gasteiger charge is 2.32. The molecule has 1 N–H and O–H groups in total. The molecule has 1 aliphatic rings. The van der Waals surface area contributed by atoms with Crippen LogP contribution in [0, 0.1) is 28.6 Å². The molecule has 2 unspecified atom stereocenters. The van der Waals surface area contributed by atoms with Crippen LogP contribution in [0.25, 0.3) is 0 Å². The summed E-state index contributed by atoms with van der Waals surface area (Å²) in [5, 5.41) is 12.0. The van der Waals surface area contributed by atoms with Gasteiger partial charge in [-0.25, -0.2) is 0 Å². The maximum Gasteiger partial charge on any atom is 0.0621 e. The van der Waals surface area contributed by atoms with E-state index in [4.69, 9.17) is 5.26 Å². The van der Waals surface area contributed by atoms with Crippen LogP contribution in [0.2, 0.25) is 0 Å². The van der Waals surface area contributed by atoms with Gasteiger partial charge >= 0.3 is 0 Å². The van der Waals surface area contributed by atoms with E-state index in [-0.39, 0.29) is 5.41 Å². The van der Waals surface area contributed by atoms with Gasteiger partial charge in [0.05, 0.1) is 6.07 Å². The highest BCUT2D eigenvalue weighted by atomic mass is 14.9. The molecule has 0 aliphatic heterocycles. The topological polar surface area (TPSA) is 35.8 Å². The molecule has 1 fully saturated rings. The van der Waals surface area contributed by atoms with Gasteiger partial charge in [0.2, 0.25) is 0 Å². The number of nitriles is 1. The van der Waals surface area contributed by atoms with Gasteiger partial charge in [0.15, 0.2) is 0 Å². The van der Waals surface area contributed by atoms with E-state index in [0.29, 0.717) is 6.42 Å². The smallest absolute Gasteiger partial charge is 0.0621 e. The van der Waals surface area contributed by atoms with Gasteiger partial charge in [0.25, 0.3) is 0 Å². The lowest BCUT2D eigenvalue weighted by Crippen LogP contribution is -2.30. The summed E-state index contributed by atoms with van der Waals surface area (Å²) >= 11 is 0. The monoisotopic (exact) mass is 194 g/mol. The van der Waals surface area contributed by atoms with Gasteiger partial charge in [-0.15, -0.1) is 0 Å². The molecule has 0 radical (unpaired) electrons. The number of nitrogens with one attached hydrogen (secondary N) is 1. The zero-order valence-corrected chi connectivity index (χ0v) is 9.64. The summed E-state index contributed by atoms with van der Waals surface area (Å²) in [5.74, 6) is 1.85. The van der Waals surface area contributed by atoms with Crippen molar-refractivity contribution in [1.29, 1.82) is 5.26 Å². The van der Waals surface area contributed by atoms with Crippen molar-refractivity contribution in [1.82, 2.24) is 5.32 Å². The summed E-state index contributed by atoms with van der Waals surface area (Å²) in [7, 11) is 0. The molecule has 2 nitrogen and oxygen atoms in total. The summed E-state index contributed by atoms with van der Waals surface area (Å²) in [6.45, 7) is 8.98. The largest absolute Gasteiger partial charge is 0.316 e. The summed E-state index contributed by atoms with van der Waals surface area (Å²) < 4.78 is 0. The van der Waals surface area contributed by atoms with Gasteiger partial charge in [-0.2, -0.15) is 5.26 Å². The first-order valence-electron chi connectivity index (χ1n) is 5.63. The van der Waals surface area contributed by atoms with Crippen LogP contribution in [0.15, 0.2) is 0 Å². The minimum absolute atomic E-state index is 0.272. The van der Waals surface area contributed by atoms with Crippen molar-refractivity contribution in [2.75, 3.05) is 13.1 Å². The Morgan fingerprint density at radius 1 is 1.50 bits per heavy atom. The summed E-state index contributed by atoms with van der Waals surface area (Å²) in [6.07, 6.45) is 3.07. The molecule has 0 bridgehead atoms. The number of hydrogen-bond donors (Lipinski definition) is 1. The average Bonchev–Trinajstić information content (AvgIpc) is 2.78. The van der Waals surface area contributed by atoms with Crippen molar-refractivity contribution in [2.45, 2.75) is 40.0 Å². The second kappa shape index (κ2) is 4.79. The fourth-order valence-corrected chi connectivity index (χ4v) is 1.76. The molecule has 0 aromatic rings. The third-order valence-electron chi connectivity index (χ3n) is 3.20. The number of rotatable bonds is 6. The van der Waals surface area contributed by atoms with Crippen molar-refractivity contribution in [3.63, 3.8) is 0 Å². The van der Waals surface area contributed by atoms with Crippen molar-refractivity contribution in [3.05, 3.63) is 0 Å². The predicted octanol–water partition coefficient (Wildman–Crippen LogP) is 2.56. The standard InChI is InChI=1S/C12H22N2/c1-10-7-11(10)8-14-9-12(2,3)5-4-6-13/h10-11,14H,4-5,7-9H2,1-3H3. The Bertz CT molecular complexity index is 215. The lowest BCUT2D eigenvalue weighted by molar-refractivity contribution is 0.315. The average molecular weight is 194 g/mol. The van der Waals surface area contributed by atoms with E-state index in [2.05, 4.69) is 32.2 Å². The molecule has 0 aromatic carbocycles. The van der Waals surface area contributed by atoms with E-state index in [1.807, 2.05) is 0 Å². The second-order valence-corrected chi connectivity index (χ2v) is 5.43. The van der Waals surface area contributed by atoms with E-state index in [0.717, 1.165) is 31.3 Å². The maximum atomic E-state index is 8.52. The minimum Gasteiger partial charge on any atom is -0.316 e. The normalized spacial score (nSPS) is 25.9. The first kappa shape index (κ1) is 11.5. The van der Waals surface area contributed by atoms with Crippen LogP contribution in [0.4, 0.5) is 0 Å². The van der Waals surface area contributed by atoms with Crippen molar-refractivity contribution in [2.24, 2.45) is 17.3 Å². The Morgan fingerprint density at radius 2 is 2.14 bits per heavy atom. The van der Waals surface area contributed by atoms with Crippen LogP contribution in [0.5, 0.6) is 0 Å². The van der Waals surface area contributed by atoms with Gasteiger partial charge in [-0.05, 0) is 36.6 Å². The molecular formula is C12H22N2. The molecule has 0 heterocycles. The molecule has 0 amide bonds. The maximum absolute atomic E-state index is 8.52. The van der Waals surface area contributed by atoms with Crippen LogP contribution in [-0.2, 0) is 0 Å². The van der Waals surface area contributed by atoms with Crippen LogP contribution in [0.1, 0.15) is 40.0 Å². The molecular weight excluding hydrogens is 172 g/mol. The van der Waals surface area contributed by atoms with Gasteiger partial charge in [-0.3, -0.25) is 0 Å². The Kier molecular flexibility index (Phi) is 3.95. The number of nitrogens with zero attached hydrogens (tertiary/aromatic N) is 1. The molecule has 2 heteroatoms. The van der Waals surface area contributed by atoms with E-state index < -0.39 is 0 Å². The molecule has 0 saturated heterocycles. The fourth-order valence-electron chi connectivity index (χ4n) is 1.76. The Labute approximate surface area is 87.7 Å². The van der Waals surface area contributed by atoms with Crippen LogP contribution in [-0.4, -0.2) is 13.1 Å². The van der Waals surface area contributed by atoms with Gasteiger partial charge in [-0.1, -0.05) is 20.8 Å². The first-order chi connectivity index (χ1) is 6.55. The van der Waals surface area contributed by atoms with Crippen LogP contribution < -0.4 is 5.32 Å². The molecule has 2 atom stereocenters. The Hall–Kier alpha value is -0.550. The zero-order valence-electron chi connectivity index (χ0n) is 9.64. The zero-order chi connectivity index (χ0) is 10.6. The molecule has 1 rings (SSSR count). The third kappa shape index (κ3) is 4.11. The Morgan fingerprint density at radius 3 is 2.64 bits per heavy atom. The van der Waals surface area contributed by atoms with E-state index >= 15 is 0 Å². The summed E-state index contributed by atoms with van der Waals surface area (Å²) in [6, 6.07) is 2.21. The van der Waals surface area contributed by atoms with Gasteiger partial charge < -0.3 is 5.32 Å². The predicted molar refractivity (Wildman–Crippen MR) is 58.8 cm³/mol. The quantitative estimate of drug-likeness (QED) is 0.705. The molecule has 1 saturated carbocycles. The second-order valence-electron chi connectivity index (χ2n) is 5.43. The lowest BCUT2D eigenvalue weighted by atomic mass is 9.88. The van der Waals surface area contributed by atoms with Crippen LogP contribution >= 0.6 is 0 Å². The summed E-state index contributed by atoms with van der Waals surface area (Å²) in [5.41, 5.74) is 0.272. The number of hydrogen-bond acceptors (Lipinski definition) is 2. The molecule has 0 aromatic heterocycles. The van der Waals surface area contributed by atoms with E-state index in [1.165, 1.54) is 6.42 Å².